The van der Waals surface area contributed by atoms with Crippen LogP contribution in [0.5, 0.6) is 0 Å². The number of pyridine rings is 1. The largest absolute Gasteiger partial charge is 0.452 e. The molecule has 0 saturated carbocycles. The molecular weight excluding hydrogens is 410 g/mol. The van der Waals surface area contributed by atoms with Gasteiger partial charge in [0, 0.05) is 31.0 Å². The van der Waals surface area contributed by atoms with E-state index in [0.717, 1.165) is 19.3 Å². The summed E-state index contributed by atoms with van der Waals surface area (Å²) in [5.74, 6) is -1.37. The van der Waals surface area contributed by atoms with Crippen molar-refractivity contribution in [2.75, 3.05) is 25.0 Å². The summed E-state index contributed by atoms with van der Waals surface area (Å²) in [6.07, 6.45) is 3.87. The van der Waals surface area contributed by atoms with Crippen LogP contribution in [0.15, 0.2) is 46.2 Å². The van der Waals surface area contributed by atoms with Crippen LogP contribution in [0.3, 0.4) is 0 Å². The van der Waals surface area contributed by atoms with Gasteiger partial charge in [-0.1, -0.05) is 12.5 Å². The van der Waals surface area contributed by atoms with Crippen LogP contribution < -0.4 is 10.9 Å². The van der Waals surface area contributed by atoms with Crippen molar-refractivity contribution in [3.05, 3.63) is 58.0 Å². The monoisotopic (exact) mass is 433 g/mol. The summed E-state index contributed by atoms with van der Waals surface area (Å²) in [7, 11) is -3.63. The zero-order valence-corrected chi connectivity index (χ0v) is 17.3. The van der Waals surface area contributed by atoms with E-state index < -0.39 is 28.5 Å². The third kappa shape index (κ3) is 5.14. The normalized spacial score (nSPS) is 14.8. The number of sulfonamides is 1. The maximum absolute atomic E-state index is 12.9. The molecule has 1 aromatic heterocycles. The fourth-order valence-corrected chi connectivity index (χ4v) is 4.63. The lowest BCUT2D eigenvalue weighted by molar-refractivity contribution is -0.119. The molecule has 10 heteroatoms. The number of carbonyl (C=O) groups excluding carboxylic acids is 2. The van der Waals surface area contributed by atoms with Gasteiger partial charge in [0.25, 0.3) is 5.91 Å². The molecule has 9 nitrogen and oxygen atoms in total. The minimum absolute atomic E-state index is 0.105. The third-order valence-electron chi connectivity index (χ3n) is 4.79. The fraction of sp³-hybridized carbons (Fsp3) is 0.350. The smallest absolute Gasteiger partial charge is 0.340 e. The van der Waals surface area contributed by atoms with Gasteiger partial charge in [-0.2, -0.15) is 4.31 Å². The lowest BCUT2D eigenvalue weighted by Crippen LogP contribution is -2.35. The molecule has 0 radical (unpaired) electrons. The maximum Gasteiger partial charge on any atom is 0.340 e. The number of ether oxygens (including phenoxy) is 1. The average molecular weight is 433 g/mol. The molecule has 160 valence electrons. The Morgan fingerprint density at radius 3 is 2.53 bits per heavy atom. The maximum atomic E-state index is 12.9. The van der Waals surface area contributed by atoms with Crippen LogP contribution in [0.25, 0.3) is 0 Å². The Hall–Kier alpha value is -2.98. The fourth-order valence-electron chi connectivity index (χ4n) is 3.09. The number of anilines is 1. The van der Waals surface area contributed by atoms with Crippen LogP contribution in [0.2, 0.25) is 0 Å². The molecule has 2 N–H and O–H groups in total. The molecule has 0 spiro atoms. The molecule has 30 heavy (non-hydrogen) atoms. The van der Waals surface area contributed by atoms with Gasteiger partial charge < -0.3 is 15.0 Å². The molecule has 1 aromatic carbocycles. The van der Waals surface area contributed by atoms with Crippen molar-refractivity contribution in [3.63, 3.8) is 0 Å². The van der Waals surface area contributed by atoms with E-state index in [0.29, 0.717) is 24.3 Å². The number of piperidine rings is 1. The molecule has 0 bridgehead atoms. The zero-order chi connectivity index (χ0) is 21.7. The summed E-state index contributed by atoms with van der Waals surface area (Å²) < 4.78 is 32.1. The van der Waals surface area contributed by atoms with Gasteiger partial charge in [0.15, 0.2) is 6.61 Å². The number of benzene rings is 1. The topological polar surface area (TPSA) is 126 Å². The van der Waals surface area contributed by atoms with Crippen LogP contribution in [-0.4, -0.2) is 49.3 Å². The van der Waals surface area contributed by atoms with Crippen molar-refractivity contribution < 1.29 is 22.7 Å². The summed E-state index contributed by atoms with van der Waals surface area (Å²) >= 11 is 0. The van der Waals surface area contributed by atoms with Crippen LogP contribution in [0.4, 0.5) is 5.69 Å². The highest BCUT2D eigenvalue weighted by molar-refractivity contribution is 7.89. The van der Waals surface area contributed by atoms with Crippen molar-refractivity contribution >= 4 is 27.6 Å². The number of H-pyrrole nitrogens is 1. The van der Waals surface area contributed by atoms with Gasteiger partial charge in [-0.25, -0.2) is 13.2 Å². The number of aromatic nitrogens is 1. The average Bonchev–Trinajstić information content (AvgIpc) is 2.74. The van der Waals surface area contributed by atoms with E-state index in [4.69, 9.17) is 4.74 Å². The number of aryl methyl sites for hydroxylation is 1. The van der Waals surface area contributed by atoms with Crippen LogP contribution in [0.1, 0.15) is 35.2 Å². The molecule has 3 rings (SSSR count). The van der Waals surface area contributed by atoms with Gasteiger partial charge in [-0.3, -0.25) is 9.59 Å². The van der Waals surface area contributed by atoms with E-state index in [1.165, 1.54) is 34.8 Å². The minimum Gasteiger partial charge on any atom is -0.452 e. The second kappa shape index (κ2) is 9.23. The van der Waals surface area contributed by atoms with E-state index in [1.54, 1.807) is 13.0 Å². The minimum atomic E-state index is -3.63. The Balaban J connectivity index is 1.66. The molecule has 2 heterocycles. The highest BCUT2D eigenvalue weighted by atomic mass is 32.2. The Bertz CT molecular complexity index is 1080. The molecule has 1 aliphatic heterocycles. The molecule has 1 saturated heterocycles. The van der Waals surface area contributed by atoms with Gasteiger partial charge in [-0.05, 0) is 43.5 Å². The number of nitrogens with zero attached hydrogens (tertiary/aromatic N) is 1. The molecule has 1 aliphatic rings. The standard InChI is InChI=1S/C20H23N3O6S/c1-14-5-7-16(30(27,28)23-9-3-2-4-10-23)11-17(14)22-19(25)13-29-20(26)15-6-8-18(24)21-12-15/h5-8,11-12H,2-4,9-10,13H2,1H3,(H,21,24)(H,22,25). The van der Waals surface area contributed by atoms with E-state index in [2.05, 4.69) is 10.3 Å². The first-order valence-corrected chi connectivity index (χ1v) is 11.0. The van der Waals surface area contributed by atoms with E-state index in [1.807, 2.05) is 0 Å². The highest BCUT2D eigenvalue weighted by Crippen LogP contribution is 2.25. The van der Waals surface area contributed by atoms with Gasteiger partial charge in [0.05, 0.1) is 10.5 Å². The number of hydrogen-bond donors (Lipinski definition) is 2. The molecule has 0 atom stereocenters. The van der Waals surface area contributed by atoms with Gasteiger partial charge >= 0.3 is 5.97 Å². The Morgan fingerprint density at radius 1 is 1.13 bits per heavy atom. The van der Waals surface area contributed by atoms with Crippen LogP contribution >= 0.6 is 0 Å². The molecular formula is C20H23N3O6S. The number of esters is 1. The Kier molecular flexibility index (Phi) is 6.68. The number of aromatic amines is 1. The van der Waals surface area contributed by atoms with Crippen molar-refractivity contribution in [2.24, 2.45) is 0 Å². The number of carbonyl (C=O) groups is 2. The van der Waals surface area contributed by atoms with Crippen molar-refractivity contribution in [2.45, 2.75) is 31.1 Å². The molecule has 2 aromatic rings. The highest BCUT2D eigenvalue weighted by Gasteiger charge is 2.26. The first kappa shape index (κ1) is 21.7. The lowest BCUT2D eigenvalue weighted by atomic mass is 10.2. The van der Waals surface area contributed by atoms with Gasteiger partial charge in [0.2, 0.25) is 15.6 Å². The molecule has 1 fully saturated rings. The van der Waals surface area contributed by atoms with Gasteiger partial charge in [-0.15, -0.1) is 0 Å². The zero-order valence-electron chi connectivity index (χ0n) is 16.5. The van der Waals surface area contributed by atoms with E-state index in [-0.39, 0.29) is 16.0 Å². The quantitative estimate of drug-likeness (QED) is 0.667. The van der Waals surface area contributed by atoms with E-state index >= 15 is 0 Å². The Morgan fingerprint density at radius 2 is 1.87 bits per heavy atom. The predicted molar refractivity (Wildman–Crippen MR) is 110 cm³/mol. The first-order chi connectivity index (χ1) is 14.3. The number of hydrogen-bond acceptors (Lipinski definition) is 6. The SMILES string of the molecule is Cc1ccc(S(=O)(=O)N2CCCCC2)cc1NC(=O)COC(=O)c1ccc(=O)[nH]c1. The summed E-state index contributed by atoms with van der Waals surface area (Å²) in [6.45, 7) is 2.15. The van der Waals surface area contributed by atoms with Crippen molar-refractivity contribution in [3.8, 4) is 0 Å². The van der Waals surface area contributed by atoms with Gasteiger partial charge in [0.1, 0.15) is 0 Å². The summed E-state index contributed by atoms with van der Waals surface area (Å²) in [5.41, 5.74) is 0.749. The predicted octanol–water partition coefficient (Wildman–Crippen LogP) is 1.65. The lowest BCUT2D eigenvalue weighted by Gasteiger charge is -2.26. The second-order valence-corrected chi connectivity index (χ2v) is 8.95. The summed E-state index contributed by atoms with van der Waals surface area (Å²) in [4.78, 5) is 37.6. The second-order valence-electron chi connectivity index (χ2n) is 7.01. The Labute approximate surface area is 174 Å². The number of nitrogens with one attached hydrogen (secondary N) is 2. The molecule has 1 amide bonds. The van der Waals surface area contributed by atoms with Crippen LogP contribution in [0, 0.1) is 6.92 Å². The third-order valence-corrected chi connectivity index (χ3v) is 6.68. The molecule has 0 unspecified atom stereocenters. The molecule has 0 aliphatic carbocycles. The van der Waals surface area contributed by atoms with Crippen molar-refractivity contribution in [1.29, 1.82) is 0 Å². The van der Waals surface area contributed by atoms with Crippen LogP contribution in [-0.2, 0) is 19.6 Å². The first-order valence-electron chi connectivity index (χ1n) is 9.54. The number of amides is 1. The summed E-state index contributed by atoms with van der Waals surface area (Å²) in [5, 5.41) is 2.58. The van der Waals surface area contributed by atoms with E-state index in [9.17, 15) is 22.8 Å². The van der Waals surface area contributed by atoms with Crippen molar-refractivity contribution in [1.82, 2.24) is 9.29 Å². The number of rotatable bonds is 6. The summed E-state index contributed by atoms with van der Waals surface area (Å²) in [6, 6.07) is 7.03.